The molecule has 0 spiro atoms. The molecule has 0 radical (unpaired) electrons. The van der Waals surface area contributed by atoms with Crippen molar-refractivity contribution in [3.05, 3.63) is 0 Å². The van der Waals surface area contributed by atoms with Crippen LogP contribution < -0.4 is 0 Å². The normalized spacial score (nSPS) is 34.0. The van der Waals surface area contributed by atoms with Crippen LogP contribution in [0.25, 0.3) is 0 Å². The van der Waals surface area contributed by atoms with Crippen LogP contribution in [-0.4, -0.2) is 47.4 Å². The maximum atomic E-state index is 13.2. The van der Waals surface area contributed by atoms with Gasteiger partial charge >= 0.3 is 33.2 Å². The molecule has 2 unspecified atom stereocenters. The number of rotatable bonds is 3. The molecule has 4 saturated carbocycles. The molecule has 0 aromatic heterocycles. The Morgan fingerprint density at radius 1 is 1.00 bits per heavy atom. The van der Waals surface area contributed by atoms with Gasteiger partial charge in [-0.3, -0.25) is 9.35 Å². The molecule has 4 aliphatic rings. The quantitative estimate of drug-likeness (QED) is 0.425. The molecule has 13 heteroatoms. The van der Waals surface area contributed by atoms with Crippen LogP contribution in [0, 0.1) is 17.8 Å². The molecule has 1 N–H and O–H groups in total. The van der Waals surface area contributed by atoms with Crippen LogP contribution in [0.2, 0.25) is 0 Å². The van der Waals surface area contributed by atoms with Crippen molar-refractivity contribution >= 4 is 21.9 Å². The third-order valence-corrected chi connectivity index (χ3v) is 7.12. The Morgan fingerprint density at radius 2 is 1.44 bits per heavy atom. The van der Waals surface area contributed by atoms with Crippen molar-refractivity contribution < 1.29 is 53.6 Å². The summed E-state index contributed by atoms with van der Waals surface area (Å²) in [4.78, 5) is 24.1. The molecule has 0 aromatic carbocycles. The second-order valence-corrected chi connectivity index (χ2v) is 9.03. The van der Waals surface area contributed by atoms with Gasteiger partial charge in [-0.05, 0) is 38.0 Å². The van der Waals surface area contributed by atoms with Gasteiger partial charge in [0.1, 0.15) is 11.4 Å². The molecule has 4 aliphatic carbocycles. The Morgan fingerprint density at radius 3 is 1.81 bits per heavy atom. The van der Waals surface area contributed by atoms with E-state index < -0.39 is 50.6 Å². The van der Waals surface area contributed by atoms with Crippen molar-refractivity contribution in [3.63, 3.8) is 0 Å². The van der Waals surface area contributed by atoms with E-state index in [0.717, 1.165) is 0 Å². The SMILES string of the molecule is O=C1C2CC3CC1CC(OC(=O)C(C(F)(F)F)(C(F)(F)F)S(=O)(=O)O)(C3)C2. The monoisotopic (exact) mass is 424 g/mol. The van der Waals surface area contributed by atoms with Crippen LogP contribution in [0.15, 0.2) is 0 Å². The summed E-state index contributed by atoms with van der Waals surface area (Å²) in [5, 5.41) is 0. The fraction of sp³-hybridized carbons (Fsp3) is 0.857. The van der Waals surface area contributed by atoms with E-state index in [0.29, 0.717) is 12.8 Å². The number of hydrogen-bond donors (Lipinski definition) is 1. The molecule has 6 nitrogen and oxygen atoms in total. The standard InChI is InChI=1S/C14H14F6O6S/c15-13(16,17)12(14(18,19)20,27(23,24)25)10(22)26-11-3-6-1-7(4-11)9(21)8(2-6)5-11/h6-8H,1-5H2,(H,23,24,25). The van der Waals surface area contributed by atoms with Crippen molar-refractivity contribution in [1.29, 1.82) is 0 Å². The van der Waals surface area contributed by atoms with Gasteiger partial charge in [0.2, 0.25) is 0 Å². The van der Waals surface area contributed by atoms with E-state index in [2.05, 4.69) is 4.74 Å². The van der Waals surface area contributed by atoms with Gasteiger partial charge in [0, 0.05) is 11.8 Å². The molecular weight excluding hydrogens is 410 g/mol. The van der Waals surface area contributed by atoms with E-state index >= 15 is 0 Å². The maximum absolute atomic E-state index is 13.2. The summed E-state index contributed by atoms with van der Waals surface area (Å²) in [5.74, 6) is -4.84. The summed E-state index contributed by atoms with van der Waals surface area (Å²) in [6.45, 7) is 0. The Hall–Kier alpha value is -1.37. The highest BCUT2D eigenvalue weighted by Gasteiger charge is 2.85. The van der Waals surface area contributed by atoms with Gasteiger partial charge in [-0.2, -0.15) is 34.8 Å². The minimum Gasteiger partial charge on any atom is -0.457 e. The fourth-order valence-electron chi connectivity index (χ4n) is 4.86. The number of ketones is 1. The number of halogens is 6. The van der Waals surface area contributed by atoms with Crippen LogP contribution in [0.3, 0.4) is 0 Å². The summed E-state index contributed by atoms with van der Waals surface area (Å²) in [6, 6.07) is 0. The van der Waals surface area contributed by atoms with Gasteiger partial charge < -0.3 is 4.74 Å². The highest BCUT2D eigenvalue weighted by molar-refractivity contribution is 7.88. The number of hydrogen-bond acceptors (Lipinski definition) is 5. The van der Waals surface area contributed by atoms with Gasteiger partial charge in [-0.15, -0.1) is 0 Å². The van der Waals surface area contributed by atoms with E-state index in [1.54, 1.807) is 0 Å². The van der Waals surface area contributed by atoms with Crippen molar-refractivity contribution in [2.75, 3.05) is 0 Å². The second-order valence-electron chi connectivity index (χ2n) is 7.47. The summed E-state index contributed by atoms with van der Waals surface area (Å²) < 4.78 is 109. The molecule has 27 heavy (non-hydrogen) atoms. The first-order valence-electron chi connectivity index (χ1n) is 7.92. The van der Waals surface area contributed by atoms with Crippen molar-refractivity contribution in [2.24, 2.45) is 17.8 Å². The van der Waals surface area contributed by atoms with Crippen LogP contribution in [-0.2, 0) is 24.4 Å². The van der Waals surface area contributed by atoms with Crippen molar-refractivity contribution in [3.8, 4) is 0 Å². The number of carbonyl (C=O) groups excluding carboxylic acids is 2. The summed E-state index contributed by atoms with van der Waals surface area (Å²) in [7, 11) is -7.03. The lowest BCUT2D eigenvalue weighted by Gasteiger charge is -2.55. The largest absolute Gasteiger partial charge is 0.457 e. The topological polar surface area (TPSA) is 97.7 Å². The molecule has 0 saturated heterocycles. The first kappa shape index (κ1) is 20.4. The molecule has 0 heterocycles. The number of ether oxygens (including phenoxy) is 1. The average molecular weight is 424 g/mol. The molecule has 0 aliphatic heterocycles. The molecule has 4 bridgehead atoms. The van der Waals surface area contributed by atoms with Gasteiger partial charge in [-0.1, -0.05) is 0 Å². The highest BCUT2D eigenvalue weighted by atomic mass is 32.2. The molecule has 4 fully saturated rings. The predicted molar refractivity (Wildman–Crippen MR) is 73.8 cm³/mol. The predicted octanol–water partition coefficient (Wildman–Crippen LogP) is 2.43. The zero-order chi connectivity index (χ0) is 20.6. The molecular formula is C14H14F6O6S. The summed E-state index contributed by atoms with van der Waals surface area (Å²) in [6.07, 6.45) is -13.2. The van der Waals surface area contributed by atoms with Crippen LogP contribution >= 0.6 is 0 Å². The van der Waals surface area contributed by atoms with Gasteiger partial charge in [-0.25, -0.2) is 4.79 Å². The number of alkyl halides is 6. The Balaban J connectivity index is 2.03. The number of carbonyl (C=O) groups is 2. The third kappa shape index (κ3) is 2.76. The van der Waals surface area contributed by atoms with E-state index in [1.807, 2.05) is 0 Å². The van der Waals surface area contributed by atoms with Crippen molar-refractivity contribution in [2.45, 2.75) is 54.8 Å². The van der Waals surface area contributed by atoms with E-state index in [1.165, 1.54) is 0 Å². The van der Waals surface area contributed by atoms with Gasteiger partial charge in [0.15, 0.2) is 0 Å². The van der Waals surface area contributed by atoms with E-state index in [-0.39, 0.29) is 31.0 Å². The zero-order valence-corrected chi connectivity index (χ0v) is 14.2. The third-order valence-electron chi connectivity index (χ3n) is 5.72. The lowest BCUT2D eigenvalue weighted by molar-refractivity contribution is -0.276. The summed E-state index contributed by atoms with van der Waals surface area (Å²) in [5.41, 5.74) is -1.78. The van der Waals surface area contributed by atoms with Crippen LogP contribution in [0.5, 0.6) is 0 Å². The average Bonchev–Trinajstić information content (AvgIpc) is 2.38. The number of Topliss-reactive ketones (excluding diaryl/α,β-unsaturated/α-hetero) is 1. The lowest BCUT2D eigenvalue weighted by atomic mass is 9.53. The Bertz CT molecular complexity index is 753. The summed E-state index contributed by atoms with van der Waals surface area (Å²) >= 11 is 0. The van der Waals surface area contributed by atoms with E-state index in [4.69, 9.17) is 4.55 Å². The minimum atomic E-state index is -7.03. The maximum Gasteiger partial charge on any atom is 0.430 e. The van der Waals surface area contributed by atoms with Crippen LogP contribution in [0.4, 0.5) is 26.3 Å². The van der Waals surface area contributed by atoms with Gasteiger partial charge in [0.25, 0.3) is 0 Å². The molecule has 0 amide bonds. The lowest BCUT2D eigenvalue weighted by Crippen LogP contribution is -2.69. The van der Waals surface area contributed by atoms with Crippen LogP contribution in [0.1, 0.15) is 32.1 Å². The number of esters is 1. The Kier molecular flexibility index (Phi) is 4.21. The Labute approximate surface area is 149 Å². The second kappa shape index (κ2) is 5.58. The van der Waals surface area contributed by atoms with E-state index in [9.17, 15) is 44.3 Å². The molecule has 154 valence electrons. The molecule has 2 atom stereocenters. The molecule has 0 aromatic rings. The zero-order valence-electron chi connectivity index (χ0n) is 13.4. The minimum absolute atomic E-state index is 0.0592. The van der Waals surface area contributed by atoms with Gasteiger partial charge in [0.05, 0.1) is 0 Å². The first-order valence-corrected chi connectivity index (χ1v) is 9.36. The molecule has 4 rings (SSSR count). The smallest absolute Gasteiger partial charge is 0.430 e. The first-order chi connectivity index (χ1) is 12.0. The van der Waals surface area contributed by atoms with Crippen molar-refractivity contribution in [1.82, 2.24) is 0 Å². The fourth-order valence-corrected chi connectivity index (χ4v) is 5.70. The highest BCUT2D eigenvalue weighted by Crippen LogP contribution is 2.57.